The van der Waals surface area contributed by atoms with Crippen LogP contribution in [0.15, 0.2) is 12.7 Å². The van der Waals surface area contributed by atoms with Gasteiger partial charge in [0.15, 0.2) is 0 Å². The molecule has 15 heavy (non-hydrogen) atoms. The molecule has 0 aromatic heterocycles. The second kappa shape index (κ2) is 6.50. The zero-order valence-corrected chi connectivity index (χ0v) is 12.6. The average molecular weight is 274 g/mol. The predicted molar refractivity (Wildman–Crippen MR) is 71.4 cm³/mol. The van der Waals surface area contributed by atoms with E-state index in [1.54, 1.807) is 0 Å². The van der Waals surface area contributed by atoms with Gasteiger partial charge in [-0.1, -0.05) is 0 Å². The minimum atomic E-state index is 0.289. The molecule has 0 heterocycles. The Hall–Kier alpha value is -0.0705. The number of hydrogen-bond donors (Lipinski definition) is 0. The van der Waals surface area contributed by atoms with Crippen LogP contribution in [0.4, 0.5) is 0 Å². The van der Waals surface area contributed by atoms with Gasteiger partial charge in [-0.05, 0) is 0 Å². The molecule has 2 heteroatoms. The quantitative estimate of drug-likeness (QED) is 0.532. The molecule has 88 valence electrons. The van der Waals surface area contributed by atoms with E-state index in [1.807, 2.05) is 6.08 Å². The van der Waals surface area contributed by atoms with E-state index in [1.165, 1.54) is 4.54 Å². The van der Waals surface area contributed by atoms with Gasteiger partial charge in [0.1, 0.15) is 0 Å². The normalized spacial score (nSPS) is 13.4. The van der Waals surface area contributed by atoms with Crippen LogP contribution in [0, 0.1) is 11.3 Å². The third-order valence-electron chi connectivity index (χ3n) is 2.82. The Labute approximate surface area is 103 Å². The van der Waals surface area contributed by atoms with Crippen LogP contribution in [-0.2, 0) is 0 Å². The molecule has 0 bridgehead atoms. The van der Waals surface area contributed by atoms with Crippen molar-refractivity contribution in [1.29, 1.82) is 0 Å². The van der Waals surface area contributed by atoms with Gasteiger partial charge in [0.05, 0.1) is 0 Å². The SMILES string of the molecule is C=CCC(C(=[Se])N(CC)CC)C(C)(C)C. The third kappa shape index (κ3) is 4.53. The molecule has 0 spiro atoms. The molecule has 0 aliphatic heterocycles. The Morgan fingerprint density at radius 3 is 2.07 bits per heavy atom. The molecule has 0 amide bonds. The van der Waals surface area contributed by atoms with Crippen LogP contribution in [0.2, 0.25) is 0 Å². The number of hydrogen-bond acceptors (Lipinski definition) is 1. The van der Waals surface area contributed by atoms with E-state index >= 15 is 0 Å². The van der Waals surface area contributed by atoms with Crippen molar-refractivity contribution in [3.63, 3.8) is 0 Å². The Kier molecular flexibility index (Phi) is 6.47. The standard InChI is InChI=1S/C13H25NSe/c1-7-10-11(13(4,5)6)12(15)14(8-2)9-3/h7,11H,1,8-10H2,2-6H3. The first-order valence-corrected chi connectivity index (χ1v) is 6.63. The van der Waals surface area contributed by atoms with E-state index in [9.17, 15) is 0 Å². The van der Waals surface area contributed by atoms with Crippen molar-refractivity contribution in [2.75, 3.05) is 13.1 Å². The molecule has 0 aromatic rings. The Morgan fingerprint density at radius 2 is 1.80 bits per heavy atom. The number of rotatable bonds is 6. The zero-order valence-electron chi connectivity index (χ0n) is 10.8. The van der Waals surface area contributed by atoms with Crippen molar-refractivity contribution in [1.82, 2.24) is 4.90 Å². The van der Waals surface area contributed by atoms with E-state index in [0.717, 1.165) is 19.5 Å². The van der Waals surface area contributed by atoms with Crippen LogP contribution in [0.3, 0.4) is 0 Å². The molecule has 0 fully saturated rings. The fourth-order valence-electron chi connectivity index (χ4n) is 1.75. The summed E-state index contributed by atoms with van der Waals surface area (Å²) in [6.45, 7) is 17.3. The monoisotopic (exact) mass is 275 g/mol. The fourth-order valence-corrected chi connectivity index (χ4v) is 3.23. The van der Waals surface area contributed by atoms with E-state index in [4.69, 9.17) is 0 Å². The molecule has 0 radical (unpaired) electrons. The summed E-state index contributed by atoms with van der Waals surface area (Å²) in [6, 6.07) is 0. The molecular formula is C13H25NSe. The van der Waals surface area contributed by atoms with Gasteiger partial charge in [0, 0.05) is 0 Å². The van der Waals surface area contributed by atoms with E-state index < -0.39 is 0 Å². The zero-order chi connectivity index (χ0) is 12.1. The predicted octanol–water partition coefficient (Wildman–Crippen LogP) is 2.87. The second-order valence-electron chi connectivity index (χ2n) is 4.95. The second-order valence-corrected chi connectivity index (χ2v) is 5.83. The molecule has 0 saturated carbocycles. The number of allylic oxidation sites excluding steroid dienone is 1. The summed E-state index contributed by atoms with van der Waals surface area (Å²) < 4.78 is 1.38. The fraction of sp³-hybridized carbons (Fsp3) is 0.769. The number of nitrogens with zero attached hydrogens (tertiary/aromatic N) is 1. The van der Waals surface area contributed by atoms with Crippen molar-refractivity contribution >= 4 is 20.1 Å². The first kappa shape index (κ1) is 14.9. The summed E-state index contributed by atoms with van der Waals surface area (Å²) in [5, 5.41) is 0. The molecule has 0 rings (SSSR count). The molecule has 0 aliphatic rings. The molecule has 1 nitrogen and oxygen atoms in total. The minimum absolute atomic E-state index is 0.289. The van der Waals surface area contributed by atoms with Crippen molar-refractivity contribution in [3.8, 4) is 0 Å². The van der Waals surface area contributed by atoms with E-state index in [0.29, 0.717) is 5.92 Å². The van der Waals surface area contributed by atoms with Crippen LogP contribution in [-0.4, -0.2) is 38.1 Å². The van der Waals surface area contributed by atoms with Gasteiger partial charge in [-0.15, -0.1) is 0 Å². The van der Waals surface area contributed by atoms with E-state index in [-0.39, 0.29) is 5.41 Å². The van der Waals surface area contributed by atoms with E-state index in [2.05, 4.69) is 61.7 Å². The maximum atomic E-state index is 3.86. The first-order chi connectivity index (χ1) is 6.88. The molecule has 0 aliphatic carbocycles. The average Bonchev–Trinajstić information content (AvgIpc) is 2.14. The van der Waals surface area contributed by atoms with Gasteiger partial charge in [-0.3, -0.25) is 0 Å². The van der Waals surface area contributed by atoms with Crippen LogP contribution < -0.4 is 0 Å². The van der Waals surface area contributed by atoms with Gasteiger partial charge < -0.3 is 0 Å². The van der Waals surface area contributed by atoms with Gasteiger partial charge in [0.2, 0.25) is 0 Å². The summed E-state index contributed by atoms with van der Waals surface area (Å²) in [5.41, 5.74) is 0.289. The van der Waals surface area contributed by atoms with Crippen LogP contribution >= 0.6 is 0 Å². The summed E-state index contributed by atoms with van der Waals surface area (Å²) >= 11 is 3.27. The molecule has 0 N–H and O–H groups in total. The van der Waals surface area contributed by atoms with Crippen molar-refractivity contribution < 1.29 is 0 Å². The summed E-state index contributed by atoms with van der Waals surface area (Å²) in [7, 11) is 0. The van der Waals surface area contributed by atoms with Gasteiger partial charge in [0.25, 0.3) is 0 Å². The summed E-state index contributed by atoms with van der Waals surface area (Å²) in [4.78, 5) is 2.40. The summed E-state index contributed by atoms with van der Waals surface area (Å²) in [5.74, 6) is 0.551. The molecule has 1 unspecified atom stereocenters. The molecule has 1 atom stereocenters. The molecule has 0 saturated heterocycles. The Bertz CT molecular complexity index is 211. The topological polar surface area (TPSA) is 3.24 Å². The van der Waals surface area contributed by atoms with Gasteiger partial charge in [-0.2, -0.15) is 0 Å². The van der Waals surface area contributed by atoms with Crippen molar-refractivity contribution in [2.45, 2.75) is 41.0 Å². The Balaban J connectivity index is 4.76. The first-order valence-electron chi connectivity index (χ1n) is 5.78. The van der Waals surface area contributed by atoms with Crippen LogP contribution in [0.1, 0.15) is 41.0 Å². The molecule has 0 aromatic carbocycles. The van der Waals surface area contributed by atoms with Crippen molar-refractivity contribution in [2.24, 2.45) is 11.3 Å². The maximum absolute atomic E-state index is 3.86. The summed E-state index contributed by atoms with van der Waals surface area (Å²) in [6.07, 6.45) is 3.07. The molecular weight excluding hydrogens is 249 g/mol. The van der Waals surface area contributed by atoms with Crippen molar-refractivity contribution in [3.05, 3.63) is 12.7 Å². The third-order valence-corrected chi connectivity index (χ3v) is 3.96. The van der Waals surface area contributed by atoms with Gasteiger partial charge >= 0.3 is 103 Å². The van der Waals surface area contributed by atoms with Crippen LogP contribution in [0.5, 0.6) is 0 Å². The van der Waals surface area contributed by atoms with Crippen LogP contribution in [0.25, 0.3) is 0 Å². The van der Waals surface area contributed by atoms with Gasteiger partial charge in [-0.25, -0.2) is 0 Å². The Morgan fingerprint density at radius 1 is 1.33 bits per heavy atom.